The van der Waals surface area contributed by atoms with Crippen molar-refractivity contribution in [1.82, 2.24) is 9.97 Å². The predicted octanol–water partition coefficient (Wildman–Crippen LogP) is 3.66. The Morgan fingerprint density at radius 1 is 1.10 bits per heavy atom. The highest BCUT2D eigenvalue weighted by atomic mass is 15.1. The van der Waals surface area contributed by atoms with Crippen LogP contribution in [0.15, 0.2) is 6.07 Å². The van der Waals surface area contributed by atoms with Gasteiger partial charge in [0.05, 0.1) is 0 Å². The lowest BCUT2D eigenvalue weighted by molar-refractivity contribution is 0.434. The van der Waals surface area contributed by atoms with Crippen molar-refractivity contribution in [2.75, 3.05) is 17.7 Å². The predicted molar refractivity (Wildman–Crippen MR) is 85.3 cm³/mol. The summed E-state index contributed by atoms with van der Waals surface area (Å²) in [4.78, 5) is 9.28. The molecule has 1 fully saturated rings. The van der Waals surface area contributed by atoms with Gasteiger partial charge in [0.2, 0.25) is 0 Å². The summed E-state index contributed by atoms with van der Waals surface area (Å²) >= 11 is 0. The Morgan fingerprint density at radius 3 is 2.25 bits per heavy atom. The van der Waals surface area contributed by atoms with Crippen LogP contribution in [0.1, 0.15) is 53.3 Å². The lowest BCUT2D eigenvalue weighted by atomic mass is 9.95. The molecule has 1 aromatic heterocycles. The second-order valence-electron chi connectivity index (χ2n) is 7.13. The fourth-order valence-corrected chi connectivity index (χ4v) is 2.74. The fraction of sp³-hybridized carbons (Fsp3) is 0.750. The van der Waals surface area contributed by atoms with Gasteiger partial charge in [-0.1, -0.05) is 34.6 Å². The Bertz CT molecular complexity index is 464. The lowest BCUT2D eigenvalue weighted by Gasteiger charge is -2.23. The molecule has 112 valence electrons. The van der Waals surface area contributed by atoms with Crippen LogP contribution in [0.25, 0.3) is 0 Å². The maximum atomic E-state index is 4.71. The maximum Gasteiger partial charge on any atom is 0.138 e. The molecule has 3 atom stereocenters. The molecule has 1 saturated carbocycles. The Hall–Kier alpha value is -1.32. The number of aromatic nitrogens is 2. The highest BCUT2D eigenvalue weighted by molar-refractivity contribution is 5.48. The van der Waals surface area contributed by atoms with Crippen LogP contribution in [0.2, 0.25) is 0 Å². The van der Waals surface area contributed by atoms with E-state index in [0.717, 1.165) is 23.4 Å². The van der Waals surface area contributed by atoms with Crippen LogP contribution in [-0.4, -0.2) is 23.1 Å². The molecule has 1 heterocycles. The smallest absolute Gasteiger partial charge is 0.138 e. The van der Waals surface area contributed by atoms with E-state index < -0.39 is 0 Å². The fourth-order valence-electron chi connectivity index (χ4n) is 2.74. The van der Waals surface area contributed by atoms with E-state index in [-0.39, 0.29) is 5.41 Å². The molecule has 0 amide bonds. The van der Waals surface area contributed by atoms with E-state index in [2.05, 4.69) is 50.2 Å². The zero-order valence-electron chi connectivity index (χ0n) is 13.6. The van der Waals surface area contributed by atoms with E-state index in [0.29, 0.717) is 12.0 Å². The van der Waals surface area contributed by atoms with E-state index in [1.807, 2.05) is 13.1 Å². The second kappa shape index (κ2) is 5.58. The first-order chi connectivity index (χ1) is 9.31. The van der Waals surface area contributed by atoms with E-state index in [1.54, 1.807) is 0 Å². The van der Waals surface area contributed by atoms with Gasteiger partial charge in [0.15, 0.2) is 0 Å². The highest BCUT2D eigenvalue weighted by Crippen LogP contribution is 2.33. The monoisotopic (exact) mass is 276 g/mol. The van der Waals surface area contributed by atoms with Crippen molar-refractivity contribution in [2.24, 2.45) is 11.8 Å². The van der Waals surface area contributed by atoms with Crippen molar-refractivity contribution in [3.8, 4) is 0 Å². The molecule has 4 nitrogen and oxygen atoms in total. The first-order valence-electron chi connectivity index (χ1n) is 7.65. The third-order valence-corrected chi connectivity index (χ3v) is 4.45. The Balaban J connectivity index is 2.23. The van der Waals surface area contributed by atoms with Crippen molar-refractivity contribution < 1.29 is 0 Å². The molecule has 1 aliphatic carbocycles. The molecule has 0 radical (unpaired) electrons. The summed E-state index contributed by atoms with van der Waals surface area (Å²) < 4.78 is 0. The van der Waals surface area contributed by atoms with E-state index in [9.17, 15) is 0 Å². The van der Waals surface area contributed by atoms with Gasteiger partial charge in [-0.2, -0.15) is 0 Å². The molecule has 0 aliphatic heterocycles. The molecule has 0 bridgehead atoms. The maximum absolute atomic E-state index is 4.71. The number of rotatable bonds is 3. The normalized spacial score (nSPS) is 26.6. The van der Waals surface area contributed by atoms with Crippen LogP contribution >= 0.6 is 0 Å². The zero-order chi connectivity index (χ0) is 14.9. The Labute approximate surface area is 122 Å². The van der Waals surface area contributed by atoms with Crippen molar-refractivity contribution in [1.29, 1.82) is 0 Å². The van der Waals surface area contributed by atoms with Gasteiger partial charge in [-0.15, -0.1) is 0 Å². The Morgan fingerprint density at radius 2 is 1.75 bits per heavy atom. The summed E-state index contributed by atoms with van der Waals surface area (Å²) in [6.45, 7) is 11.1. The minimum atomic E-state index is -0.0438. The van der Waals surface area contributed by atoms with Gasteiger partial charge in [-0.3, -0.25) is 0 Å². The summed E-state index contributed by atoms with van der Waals surface area (Å²) in [7, 11) is 1.90. The average Bonchev–Trinajstić information content (AvgIpc) is 2.69. The van der Waals surface area contributed by atoms with Crippen molar-refractivity contribution in [2.45, 2.75) is 58.9 Å². The minimum Gasteiger partial charge on any atom is -0.373 e. The van der Waals surface area contributed by atoms with Gasteiger partial charge in [0, 0.05) is 24.6 Å². The van der Waals surface area contributed by atoms with Crippen LogP contribution < -0.4 is 10.6 Å². The summed E-state index contributed by atoms with van der Waals surface area (Å²) in [6, 6.07) is 2.53. The standard InChI is InChI=1S/C16H28N4/c1-10-7-8-12(11(10)2)18-14-9-13(17-6)19-15(20-14)16(3,4)5/h9-12H,7-8H2,1-6H3,(H2,17,18,19,20). The molecule has 20 heavy (non-hydrogen) atoms. The van der Waals surface area contributed by atoms with E-state index in [4.69, 9.17) is 4.98 Å². The molecule has 1 aliphatic rings. The molecule has 4 heteroatoms. The number of anilines is 2. The zero-order valence-corrected chi connectivity index (χ0v) is 13.6. The van der Waals surface area contributed by atoms with Crippen molar-refractivity contribution in [3.05, 3.63) is 11.9 Å². The largest absolute Gasteiger partial charge is 0.373 e. The summed E-state index contributed by atoms with van der Waals surface area (Å²) in [6.07, 6.45) is 2.53. The van der Waals surface area contributed by atoms with Gasteiger partial charge < -0.3 is 10.6 Å². The summed E-state index contributed by atoms with van der Waals surface area (Å²) in [5, 5.41) is 6.75. The molecule has 3 unspecified atom stereocenters. The highest BCUT2D eigenvalue weighted by Gasteiger charge is 2.30. The summed E-state index contributed by atoms with van der Waals surface area (Å²) in [5.41, 5.74) is -0.0438. The van der Waals surface area contributed by atoms with Crippen LogP contribution in [0.4, 0.5) is 11.6 Å². The number of nitrogens with zero attached hydrogens (tertiary/aromatic N) is 2. The minimum absolute atomic E-state index is 0.0438. The quantitative estimate of drug-likeness (QED) is 0.884. The van der Waals surface area contributed by atoms with Gasteiger partial charge in [-0.25, -0.2) is 9.97 Å². The molecule has 0 saturated heterocycles. The lowest BCUT2D eigenvalue weighted by Crippen LogP contribution is -2.26. The van der Waals surface area contributed by atoms with E-state index >= 15 is 0 Å². The van der Waals surface area contributed by atoms with Crippen LogP contribution in [-0.2, 0) is 5.41 Å². The number of hydrogen-bond donors (Lipinski definition) is 2. The molecule has 1 aromatic rings. The van der Waals surface area contributed by atoms with Gasteiger partial charge in [0.25, 0.3) is 0 Å². The van der Waals surface area contributed by atoms with Gasteiger partial charge >= 0.3 is 0 Å². The van der Waals surface area contributed by atoms with Gasteiger partial charge in [-0.05, 0) is 24.7 Å². The molecule has 2 rings (SSSR count). The van der Waals surface area contributed by atoms with Crippen molar-refractivity contribution >= 4 is 11.6 Å². The first kappa shape index (κ1) is 15.1. The number of hydrogen-bond acceptors (Lipinski definition) is 4. The molecule has 2 N–H and O–H groups in total. The Kier molecular flexibility index (Phi) is 4.21. The summed E-state index contributed by atoms with van der Waals surface area (Å²) in [5.74, 6) is 4.19. The van der Waals surface area contributed by atoms with E-state index in [1.165, 1.54) is 12.8 Å². The molecular formula is C16H28N4. The molecular weight excluding hydrogens is 248 g/mol. The number of nitrogens with one attached hydrogen (secondary N) is 2. The molecule has 0 aromatic carbocycles. The topological polar surface area (TPSA) is 49.8 Å². The van der Waals surface area contributed by atoms with Crippen molar-refractivity contribution in [3.63, 3.8) is 0 Å². The third-order valence-electron chi connectivity index (χ3n) is 4.45. The van der Waals surface area contributed by atoms with Crippen LogP contribution in [0.3, 0.4) is 0 Å². The van der Waals surface area contributed by atoms with Gasteiger partial charge in [0.1, 0.15) is 17.5 Å². The SMILES string of the molecule is CNc1cc(NC2CCC(C)C2C)nc(C(C)(C)C)n1. The third kappa shape index (κ3) is 3.22. The van der Waals surface area contributed by atoms with Crippen LogP contribution in [0.5, 0.6) is 0 Å². The van der Waals surface area contributed by atoms with Crippen LogP contribution in [0, 0.1) is 11.8 Å². The first-order valence-corrected chi connectivity index (χ1v) is 7.65. The second-order valence-corrected chi connectivity index (χ2v) is 7.13. The molecule has 0 spiro atoms. The average molecular weight is 276 g/mol.